The van der Waals surface area contributed by atoms with E-state index in [0.29, 0.717) is 17.1 Å². The smallest absolute Gasteiger partial charge is 0.255 e. The summed E-state index contributed by atoms with van der Waals surface area (Å²) in [6.45, 7) is 0.287. The first-order valence-corrected chi connectivity index (χ1v) is 8.54. The lowest BCUT2D eigenvalue weighted by atomic mass is 10.1. The first-order chi connectivity index (χ1) is 12.7. The molecule has 0 bridgehead atoms. The average Bonchev–Trinajstić information content (AvgIpc) is 3.35. The highest BCUT2D eigenvalue weighted by molar-refractivity contribution is 5.99. The van der Waals surface area contributed by atoms with Gasteiger partial charge in [0.1, 0.15) is 11.6 Å². The van der Waals surface area contributed by atoms with Crippen molar-refractivity contribution in [3.8, 4) is 17.0 Å². The monoisotopic (exact) mass is 349 g/mol. The number of aromatic nitrogens is 4. The fraction of sp³-hybridized carbons (Fsp3) is 0.263. The van der Waals surface area contributed by atoms with Crippen LogP contribution in [-0.2, 0) is 19.4 Å². The first-order valence-electron chi connectivity index (χ1n) is 8.54. The normalized spacial score (nSPS) is 12.7. The van der Waals surface area contributed by atoms with Crippen molar-refractivity contribution in [1.82, 2.24) is 25.5 Å². The van der Waals surface area contributed by atoms with Crippen LogP contribution < -0.4 is 10.1 Å². The number of aryl methyl sites for hydroxylation is 2. The predicted molar refractivity (Wildman–Crippen MR) is 95.8 cm³/mol. The Kier molecular flexibility index (Phi) is 4.35. The maximum absolute atomic E-state index is 12.6. The molecule has 1 aromatic carbocycles. The van der Waals surface area contributed by atoms with Crippen molar-refractivity contribution in [3.63, 3.8) is 0 Å². The molecule has 0 saturated heterocycles. The third-order valence-corrected chi connectivity index (χ3v) is 4.51. The molecule has 0 atom stereocenters. The molecule has 0 fully saturated rings. The molecule has 0 radical (unpaired) electrons. The second-order valence-corrected chi connectivity index (χ2v) is 6.19. The number of H-pyrrole nitrogens is 1. The minimum absolute atomic E-state index is 0.222. The van der Waals surface area contributed by atoms with Crippen LogP contribution in [0, 0.1) is 0 Å². The maximum Gasteiger partial charge on any atom is 0.255 e. The van der Waals surface area contributed by atoms with Crippen molar-refractivity contribution in [2.24, 2.45) is 0 Å². The number of ether oxygens (including phenoxy) is 1. The van der Waals surface area contributed by atoms with E-state index in [1.807, 2.05) is 30.5 Å². The van der Waals surface area contributed by atoms with Crippen LogP contribution in [0.25, 0.3) is 11.3 Å². The van der Waals surface area contributed by atoms with E-state index in [1.165, 1.54) is 11.8 Å². The molecule has 1 aliphatic rings. The molecular formula is C19H19N5O2. The second kappa shape index (κ2) is 6.95. The summed E-state index contributed by atoms with van der Waals surface area (Å²) >= 11 is 0. The minimum Gasteiger partial charge on any atom is -0.497 e. The Morgan fingerprint density at radius 1 is 1.31 bits per heavy atom. The molecule has 3 aromatic rings. The van der Waals surface area contributed by atoms with Gasteiger partial charge in [0.2, 0.25) is 0 Å². The number of hydrogen-bond acceptors (Lipinski definition) is 5. The summed E-state index contributed by atoms with van der Waals surface area (Å²) in [7, 11) is 1.61. The second-order valence-electron chi connectivity index (χ2n) is 6.19. The Morgan fingerprint density at radius 3 is 3.12 bits per heavy atom. The third kappa shape index (κ3) is 3.15. The number of benzene rings is 1. The number of amides is 1. The van der Waals surface area contributed by atoms with Crippen molar-refractivity contribution >= 4 is 5.91 Å². The van der Waals surface area contributed by atoms with Crippen LogP contribution >= 0.6 is 0 Å². The van der Waals surface area contributed by atoms with Gasteiger partial charge < -0.3 is 10.1 Å². The molecule has 1 amide bonds. The number of fused-ring (bicyclic) bond motifs is 1. The number of carbonyl (C=O) groups excluding carboxylic acids is 1. The Hall–Kier alpha value is -3.22. The third-order valence-electron chi connectivity index (χ3n) is 4.51. The molecular weight excluding hydrogens is 330 g/mol. The lowest BCUT2D eigenvalue weighted by Crippen LogP contribution is -2.24. The molecule has 2 heterocycles. The van der Waals surface area contributed by atoms with Gasteiger partial charge in [-0.1, -0.05) is 12.1 Å². The molecule has 7 heteroatoms. The number of methoxy groups -OCH3 is 1. The van der Waals surface area contributed by atoms with Crippen molar-refractivity contribution in [2.45, 2.75) is 25.8 Å². The van der Waals surface area contributed by atoms with Crippen molar-refractivity contribution in [1.29, 1.82) is 0 Å². The standard InChI is InChI=1S/C19H19N5O2/c1-26-14-6-2-4-12(8-14)18-15(10-22-24-18)19(25)21-11-17-20-9-13-5-3-7-16(13)23-17/h2,4,6,8-10H,3,5,7,11H2,1H3,(H,21,25)(H,22,24). The predicted octanol–water partition coefficient (Wildman–Crippen LogP) is 2.29. The fourth-order valence-corrected chi connectivity index (χ4v) is 3.15. The summed E-state index contributed by atoms with van der Waals surface area (Å²) < 4.78 is 5.24. The van der Waals surface area contributed by atoms with Crippen LogP contribution in [0.2, 0.25) is 0 Å². The zero-order valence-electron chi connectivity index (χ0n) is 14.5. The number of carbonyl (C=O) groups is 1. The van der Waals surface area contributed by atoms with Crippen LogP contribution in [-0.4, -0.2) is 33.2 Å². The van der Waals surface area contributed by atoms with Crippen LogP contribution in [0.1, 0.15) is 33.9 Å². The van der Waals surface area contributed by atoms with Gasteiger partial charge in [0.25, 0.3) is 5.91 Å². The maximum atomic E-state index is 12.6. The van der Waals surface area contributed by atoms with E-state index in [2.05, 4.69) is 25.5 Å². The molecule has 7 nitrogen and oxygen atoms in total. The topological polar surface area (TPSA) is 92.8 Å². The van der Waals surface area contributed by atoms with Crippen LogP contribution in [0.3, 0.4) is 0 Å². The first kappa shape index (κ1) is 16.3. The summed E-state index contributed by atoms with van der Waals surface area (Å²) in [5, 5.41) is 9.78. The zero-order chi connectivity index (χ0) is 17.9. The Labute approximate surface area is 150 Å². The van der Waals surface area contributed by atoms with E-state index in [4.69, 9.17) is 4.74 Å². The summed E-state index contributed by atoms with van der Waals surface area (Å²) in [4.78, 5) is 21.5. The zero-order valence-corrected chi connectivity index (χ0v) is 14.5. The van der Waals surface area contributed by atoms with Gasteiger partial charge in [-0.25, -0.2) is 9.97 Å². The molecule has 2 aromatic heterocycles. The van der Waals surface area contributed by atoms with Gasteiger partial charge in [-0.3, -0.25) is 9.89 Å². The summed E-state index contributed by atoms with van der Waals surface area (Å²) in [5.74, 6) is 1.13. The van der Waals surface area contributed by atoms with Gasteiger partial charge >= 0.3 is 0 Å². The lowest BCUT2D eigenvalue weighted by Gasteiger charge is -2.07. The molecule has 2 N–H and O–H groups in total. The van der Waals surface area contributed by atoms with Gasteiger partial charge in [0.15, 0.2) is 0 Å². The fourth-order valence-electron chi connectivity index (χ4n) is 3.15. The quantitative estimate of drug-likeness (QED) is 0.737. The Bertz CT molecular complexity index is 951. The van der Waals surface area contributed by atoms with Gasteiger partial charge in [0.05, 0.1) is 31.1 Å². The average molecular weight is 349 g/mol. The number of hydrogen-bond donors (Lipinski definition) is 2. The number of nitrogens with one attached hydrogen (secondary N) is 2. The largest absolute Gasteiger partial charge is 0.497 e. The molecule has 0 aliphatic heterocycles. The molecule has 0 saturated carbocycles. The van der Waals surface area contributed by atoms with Crippen molar-refractivity contribution in [2.75, 3.05) is 7.11 Å². The van der Waals surface area contributed by atoms with E-state index in [1.54, 1.807) is 7.11 Å². The lowest BCUT2D eigenvalue weighted by molar-refractivity contribution is 0.0950. The van der Waals surface area contributed by atoms with Crippen LogP contribution in [0.5, 0.6) is 5.75 Å². The molecule has 132 valence electrons. The van der Waals surface area contributed by atoms with Crippen molar-refractivity contribution < 1.29 is 9.53 Å². The van der Waals surface area contributed by atoms with Gasteiger partial charge in [-0.15, -0.1) is 0 Å². The minimum atomic E-state index is -0.222. The molecule has 4 rings (SSSR count). The highest BCUT2D eigenvalue weighted by Gasteiger charge is 2.17. The van der Waals surface area contributed by atoms with E-state index < -0.39 is 0 Å². The number of rotatable bonds is 5. The van der Waals surface area contributed by atoms with Crippen molar-refractivity contribution in [3.05, 3.63) is 59.3 Å². The van der Waals surface area contributed by atoms with Gasteiger partial charge in [-0.05, 0) is 37.0 Å². The summed E-state index contributed by atoms with van der Waals surface area (Å²) in [6, 6.07) is 7.48. The van der Waals surface area contributed by atoms with Gasteiger partial charge in [0, 0.05) is 17.5 Å². The molecule has 26 heavy (non-hydrogen) atoms. The summed E-state index contributed by atoms with van der Waals surface area (Å²) in [6.07, 6.45) is 6.55. The van der Waals surface area contributed by atoms with E-state index in [9.17, 15) is 4.79 Å². The number of nitrogens with zero attached hydrogens (tertiary/aromatic N) is 3. The van der Waals surface area contributed by atoms with Crippen LogP contribution in [0.4, 0.5) is 0 Å². The SMILES string of the molecule is COc1cccc(-c2[nH]ncc2C(=O)NCc2ncc3c(n2)CCC3)c1. The molecule has 1 aliphatic carbocycles. The van der Waals surface area contributed by atoms with Gasteiger partial charge in [-0.2, -0.15) is 5.10 Å². The number of aromatic amines is 1. The molecule has 0 spiro atoms. The molecule has 0 unspecified atom stereocenters. The van der Waals surface area contributed by atoms with Crippen LogP contribution in [0.15, 0.2) is 36.7 Å². The van der Waals surface area contributed by atoms with E-state index in [0.717, 1.165) is 36.3 Å². The Balaban J connectivity index is 1.50. The highest BCUT2D eigenvalue weighted by atomic mass is 16.5. The Morgan fingerprint density at radius 2 is 2.23 bits per heavy atom. The summed E-state index contributed by atoms with van der Waals surface area (Å²) in [5.41, 5.74) is 4.27. The van der Waals surface area contributed by atoms with E-state index >= 15 is 0 Å². The highest BCUT2D eigenvalue weighted by Crippen LogP contribution is 2.25. The van der Waals surface area contributed by atoms with E-state index in [-0.39, 0.29) is 12.5 Å².